The number of benzene rings is 1. The quantitative estimate of drug-likeness (QED) is 0.683. The predicted octanol–water partition coefficient (Wildman–Crippen LogP) is 4.60. The van der Waals surface area contributed by atoms with Crippen LogP contribution in [0.3, 0.4) is 0 Å². The second-order valence-electron chi connectivity index (χ2n) is 5.97. The van der Waals surface area contributed by atoms with E-state index in [2.05, 4.69) is 19.2 Å². The molecule has 2 aromatic rings. The van der Waals surface area contributed by atoms with E-state index in [1.807, 2.05) is 42.6 Å². The van der Waals surface area contributed by atoms with Crippen molar-refractivity contribution in [3.63, 3.8) is 0 Å². The van der Waals surface area contributed by atoms with Crippen molar-refractivity contribution in [2.24, 2.45) is 0 Å². The molecule has 0 unspecified atom stereocenters. The third kappa shape index (κ3) is 6.21. The summed E-state index contributed by atoms with van der Waals surface area (Å²) >= 11 is 3.15. The molecule has 1 N–H and O–H groups in total. The Hall–Kier alpha value is -1.79. The van der Waals surface area contributed by atoms with Crippen molar-refractivity contribution in [2.75, 3.05) is 17.7 Å². The number of anilines is 1. The molecule has 0 fully saturated rings. The van der Waals surface area contributed by atoms with E-state index in [0.717, 1.165) is 22.6 Å². The van der Waals surface area contributed by atoms with E-state index in [1.165, 1.54) is 16.6 Å². The Balaban J connectivity index is 1.78. The van der Waals surface area contributed by atoms with E-state index < -0.39 is 0 Å². The molecule has 0 aliphatic carbocycles. The van der Waals surface area contributed by atoms with Crippen LogP contribution in [0, 0.1) is 6.92 Å². The second-order valence-corrected chi connectivity index (χ2v) is 7.99. The van der Waals surface area contributed by atoms with Crippen LogP contribution in [0.4, 0.5) is 5.69 Å². The maximum Gasteiger partial charge on any atom is 0.316 e. The zero-order valence-corrected chi connectivity index (χ0v) is 16.3. The number of esters is 1. The largest absolute Gasteiger partial charge is 0.455 e. The summed E-state index contributed by atoms with van der Waals surface area (Å²) in [6, 6.07) is 9.95. The number of thiophene rings is 1. The molecule has 2 rings (SSSR count). The van der Waals surface area contributed by atoms with E-state index in [-0.39, 0.29) is 24.2 Å². The van der Waals surface area contributed by atoms with Gasteiger partial charge in [0.2, 0.25) is 0 Å². The molecule has 1 aromatic carbocycles. The zero-order chi connectivity index (χ0) is 18.2. The highest BCUT2D eigenvalue weighted by Gasteiger charge is 2.13. The smallest absolute Gasteiger partial charge is 0.316 e. The van der Waals surface area contributed by atoms with Crippen LogP contribution in [0.15, 0.2) is 35.7 Å². The first kappa shape index (κ1) is 19.5. The Kier molecular flexibility index (Phi) is 7.52. The number of carbonyl (C=O) groups is 2. The fraction of sp³-hybridized carbons (Fsp3) is 0.368. The number of hydrogen-bond donors (Lipinski definition) is 1. The third-order valence-electron chi connectivity index (χ3n) is 3.60. The Bertz CT molecular complexity index is 711. The first-order chi connectivity index (χ1) is 12.0. The van der Waals surface area contributed by atoms with Crippen molar-refractivity contribution in [3.8, 4) is 0 Å². The van der Waals surface area contributed by atoms with Gasteiger partial charge in [-0.2, -0.15) is 0 Å². The van der Waals surface area contributed by atoms with E-state index in [0.29, 0.717) is 5.92 Å². The molecule has 0 aliphatic rings. The molecule has 1 heterocycles. The van der Waals surface area contributed by atoms with Gasteiger partial charge >= 0.3 is 5.97 Å². The molecular weight excluding hydrogens is 354 g/mol. The van der Waals surface area contributed by atoms with Crippen LogP contribution < -0.4 is 5.32 Å². The molecular formula is C19H23NO3S2. The molecule has 0 bridgehead atoms. The van der Waals surface area contributed by atoms with Crippen LogP contribution >= 0.6 is 23.1 Å². The minimum absolute atomic E-state index is 0.243. The Morgan fingerprint density at radius 3 is 2.72 bits per heavy atom. The highest BCUT2D eigenvalue weighted by atomic mass is 32.2. The highest BCUT2D eigenvalue weighted by molar-refractivity contribution is 7.99. The maximum atomic E-state index is 12.1. The zero-order valence-electron chi connectivity index (χ0n) is 14.7. The number of carbonyl (C=O) groups excluding carboxylic acids is 2. The summed E-state index contributed by atoms with van der Waals surface area (Å²) in [5.74, 6) is 0.636. The summed E-state index contributed by atoms with van der Waals surface area (Å²) in [4.78, 5) is 25.1. The van der Waals surface area contributed by atoms with Crippen LogP contribution in [0.2, 0.25) is 0 Å². The molecule has 134 valence electrons. The molecule has 6 heteroatoms. The molecule has 4 nitrogen and oxygen atoms in total. The van der Waals surface area contributed by atoms with Gasteiger partial charge in [-0.1, -0.05) is 38.1 Å². The van der Waals surface area contributed by atoms with E-state index in [9.17, 15) is 9.59 Å². The van der Waals surface area contributed by atoms with Gasteiger partial charge in [0.05, 0.1) is 5.75 Å². The summed E-state index contributed by atoms with van der Waals surface area (Å²) in [7, 11) is 0. The van der Waals surface area contributed by atoms with Gasteiger partial charge in [-0.25, -0.2) is 0 Å². The number of rotatable bonds is 8. The van der Waals surface area contributed by atoms with E-state index in [4.69, 9.17) is 4.74 Å². The number of ether oxygens (including phenoxy) is 1. The fourth-order valence-corrected chi connectivity index (χ4v) is 4.00. The summed E-state index contributed by atoms with van der Waals surface area (Å²) in [6.45, 7) is 5.85. The minimum Gasteiger partial charge on any atom is -0.455 e. The van der Waals surface area contributed by atoms with Crippen molar-refractivity contribution in [2.45, 2.75) is 32.4 Å². The van der Waals surface area contributed by atoms with Gasteiger partial charge in [-0.15, -0.1) is 23.1 Å². The Morgan fingerprint density at radius 1 is 1.24 bits per heavy atom. The number of aryl methyl sites for hydroxylation is 1. The van der Waals surface area contributed by atoms with Gasteiger partial charge in [-0.3, -0.25) is 9.59 Å². The summed E-state index contributed by atoms with van der Waals surface area (Å²) in [6.07, 6.45) is 0. The number of nitrogens with one attached hydrogen (secondary N) is 1. The molecule has 0 saturated carbocycles. The monoisotopic (exact) mass is 377 g/mol. The van der Waals surface area contributed by atoms with Gasteiger partial charge < -0.3 is 10.1 Å². The lowest BCUT2D eigenvalue weighted by Crippen LogP contribution is -2.22. The lowest BCUT2D eigenvalue weighted by Gasteiger charge is -2.16. The average Bonchev–Trinajstić information content (AvgIpc) is 3.08. The standard InChI is InChI=1S/C19H23NO3S2/c1-13(2)16-8-4-6-14(3)19(16)20-17(21)10-23-18(22)12-24-11-15-7-5-9-25-15/h4-9,13H,10-12H2,1-3H3,(H,20,21). The normalized spacial score (nSPS) is 10.7. The van der Waals surface area contributed by atoms with Crippen molar-refractivity contribution < 1.29 is 14.3 Å². The summed E-state index contributed by atoms with van der Waals surface area (Å²) < 4.78 is 5.07. The number of para-hydroxylation sites is 1. The molecule has 1 aromatic heterocycles. The van der Waals surface area contributed by atoms with Crippen molar-refractivity contribution in [1.29, 1.82) is 0 Å². The van der Waals surface area contributed by atoms with Gasteiger partial charge in [-0.05, 0) is 35.4 Å². The van der Waals surface area contributed by atoms with E-state index >= 15 is 0 Å². The van der Waals surface area contributed by atoms with Crippen molar-refractivity contribution in [3.05, 3.63) is 51.7 Å². The molecule has 0 radical (unpaired) electrons. The molecule has 0 aliphatic heterocycles. The van der Waals surface area contributed by atoms with E-state index in [1.54, 1.807) is 11.3 Å². The van der Waals surface area contributed by atoms with Crippen LogP contribution in [-0.4, -0.2) is 24.2 Å². The Labute approximate surface area is 157 Å². The van der Waals surface area contributed by atoms with Crippen molar-refractivity contribution >= 4 is 40.7 Å². The van der Waals surface area contributed by atoms with Crippen LogP contribution in [0.25, 0.3) is 0 Å². The minimum atomic E-state index is -0.370. The molecule has 1 amide bonds. The first-order valence-electron chi connectivity index (χ1n) is 8.12. The fourth-order valence-electron chi connectivity index (χ4n) is 2.34. The predicted molar refractivity (Wildman–Crippen MR) is 105 cm³/mol. The third-order valence-corrected chi connectivity index (χ3v) is 5.61. The van der Waals surface area contributed by atoms with Crippen molar-refractivity contribution in [1.82, 2.24) is 0 Å². The lowest BCUT2D eigenvalue weighted by molar-refractivity contribution is -0.144. The summed E-state index contributed by atoms with van der Waals surface area (Å²) in [5, 5.41) is 4.88. The second kappa shape index (κ2) is 9.63. The maximum absolute atomic E-state index is 12.1. The number of hydrogen-bond acceptors (Lipinski definition) is 5. The first-order valence-corrected chi connectivity index (χ1v) is 10.2. The van der Waals surface area contributed by atoms with Gasteiger partial charge in [0.1, 0.15) is 0 Å². The highest BCUT2D eigenvalue weighted by Crippen LogP contribution is 2.27. The van der Waals surface area contributed by atoms with Gasteiger partial charge in [0.15, 0.2) is 6.61 Å². The summed E-state index contributed by atoms with van der Waals surface area (Å²) in [5.41, 5.74) is 2.88. The van der Waals surface area contributed by atoms with Crippen LogP contribution in [-0.2, 0) is 20.1 Å². The van der Waals surface area contributed by atoms with Crippen LogP contribution in [0.5, 0.6) is 0 Å². The molecule has 25 heavy (non-hydrogen) atoms. The SMILES string of the molecule is Cc1cccc(C(C)C)c1NC(=O)COC(=O)CSCc1cccs1. The van der Waals surface area contributed by atoms with Gasteiger partial charge in [0, 0.05) is 16.3 Å². The molecule has 0 atom stereocenters. The van der Waals surface area contributed by atoms with Crippen LogP contribution in [0.1, 0.15) is 35.8 Å². The number of thioether (sulfide) groups is 1. The molecule has 0 saturated heterocycles. The van der Waals surface area contributed by atoms with Gasteiger partial charge in [0.25, 0.3) is 5.91 Å². The molecule has 0 spiro atoms. The number of amides is 1. The average molecular weight is 378 g/mol. The topological polar surface area (TPSA) is 55.4 Å². The lowest BCUT2D eigenvalue weighted by atomic mass is 9.98. The Morgan fingerprint density at radius 2 is 2.04 bits per heavy atom.